The number of nitrogens with zero attached hydrogens (tertiary/aromatic N) is 1. The maximum atomic E-state index is 11.5. The SMILES string of the molecule is C=C(CO)C(=O)c1cccc([N+](=O)[O-])c1. The molecule has 1 aromatic rings. The summed E-state index contributed by atoms with van der Waals surface area (Å²) in [4.78, 5) is 21.3. The second-order valence-corrected chi connectivity index (χ2v) is 2.90. The first-order valence-electron chi connectivity index (χ1n) is 4.14. The zero-order chi connectivity index (χ0) is 11.4. The summed E-state index contributed by atoms with van der Waals surface area (Å²) in [5, 5.41) is 19.1. The third-order valence-corrected chi connectivity index (χ3v) is 1.83. The Hall–Kier alpha value is -2.01. The number of rotatable bonds is 4. The van der Waals surface area contributed by atoms with Crippen LogP contribution in [0.2, 0.25) is 0 Å². The van der Waals surface area contributed by atoms with Crippen LogP contribution in [0.15, 0.2) is 36.4 Å². The molecule has 78 valence electrons. The summed E-state index contributed by atoms with van der Waals surface area (Å²) in [7, 11) is 0. The number of non-ortho nitro benzene ring substituents is 1. The van der Waals surface area contributed by atoms with Crippen LogP contribution in [0, 0.1) is 10.1 Å². The number of nitro groups is 1. The van der Waals surface area contributed by atoms with Gasteiger partial charge in [-0.1, -0.05) is 18.7 Å². The molecule has 0 aliphatic heterocycles. The molecule has 0 atom stereocenters. The monoisotopic (exact) mass is 207 g/mol. The van der Waals surface area contributed by atoms with Crippen LogP contribution in [0.3, 0.4) is 0 Å². The Morgan fingerprint density at radius 3 is 2.73 bits per heavy atom. The van der Waals surface area contributed by atoms with E-state index in [1.165, 1.54) is 18.2 Å². The maximum Gasteiger partial charge on any atom is 0.270 e. The van der Waals surface area contributed by atoms with E-state index >= 15 is 0 Å². The fourth-order valence-electron chi connectivity index (χ4n) is 1.04. The Bertz CT molecular complexity index is 425. The topological polar surface area (TPSA) is 80.4 Å². The van der Waals surface area contributed by atoms with Gasteiger partial charge in [0, 0.05) is 23.3 Å². The minimum Gasteiger partial charge on any atom is -0.392 e. The highest BCUT2D eigenvalue weighted by Gasteiger charge is 2.13. The third-order valence-electron chi connectivity index (χ3n) is 1.83. The molecule has 0 fully saturated rings. The van der Waals surface area contributed by atoms with Crippen molar-refractivity contribution in [2.75, 3.05) is 6.61 Å². The number of ketones is 1. The Morgan fingerprint density at radius 1 is 1.53 bits per heavy atom. The number of Topliss-reactive ketones (excluding diaryl/α,β-unsaturated/α-hetero) is 1. The minimum atomic E-state index is -0.585. The van der Waals surface area contributed by atoms with E-state index in [0.717, 1.165) is 6.07 Å². The van der Waals surface area contributed by atoms with Crippen LogP contribution in [0.5, 0.6) is 0 Å². The lowest BCUT2D eigenvalue weighted by atomic mass is 10.1. The quantitative estimate of drug-likeness (QED) is 0.349. The molecule has 0 amide bonds. The van der Waals surface area contributed by atoms with Crippen LogP contribution in [-0.2, 0) is 0 Å². The lowest BCUT2D eigenvalue weighted by Gasteiger charge is -2.00. The minimum absolute atomic E-state index is 0.00972. The van der Waals surface area contributed by atoms with Crippen molar-refractivity contribution in [2.24, 2.45) is 0 Å². The Balaban J connectivity index is 3.05. The Kier molecular flexibility index (Phi) is 3.30. The molecular formula is C10H9NO4. The molecule has 15 heavy (non-hydrogen) atoms. The molecule has 0 saturated heterocycles. The van der Waals surface area contributed by atoms with E-state index in [2.05, 4.69) is 6.58 Å². The van der Waals surface area contributed by atoms with Crippen molar-refractivity contribution in [3.63, 3.8) is 0 Å². The van der Waals surface area contributed by atoms with E-state index < -0.39 is 17.3 Å². The molecule has 1 aromatic carbocycles. The summed E-state index contributed by atoms with van der Waals surface area (Å²) in [6, 6.07) is 5.30. The van der Waals surface area contributed by atoms with Crippen molar-refractivity contribution in [3.8, 4) is 0 Å². The van der Waals surface area contributed by atoms with Crippen LogP contribution in [0.25, 0.3) is 0 Å². The highest BCUT2D eigenvalue weighted by Crippen LogP contribution is 2.15. The van der Waals surface area contributed by atoms with Gasteiger partial charge in [-0.3, -0.25) is 14.9 Å². The predicted octanol–water partition coefficient (Wildman–Crippen LogP) is 1.33. The first kappa shape index (κ1) is 11.1. The van der Waals surface area contributed by atoms with Gasteiger partial charge in [-0.15, -0.1) is 0 Å². The molecule has 0 saturated carbocycles. The van der Waals surface area contributed by atoms with Crippen molar-refractivity contribution in [1.82, 2.24) is 0 Å². The molecule has 0 heterocycles. The fourth-order valence-corrected chi connectivity index (χ4v) is 1.04. The standard InChI is InChI=1S/C10H9NO4/c1-7(6-12)10(13)8-3-2-4-9(5-8)11(14)15/h2-5,12H,1,6H2. The second kappa shape index (κ2) is 4.47. The van der Waals surface area contributed by atoms with E-state index in [9.17, 15) is 14.9 Å². The normalized spacial score (nSPS) is 9.67. The molecule has 0 bridgehead atoms. The number of carbonyl (C=O) groups is 1. The molecule has 1 N–H and O–H groups in total. The van der Waals surface area contributed by atoms with Gasteiger partial charge in [0.05, 0.1) is 11.5 Å². The van der Waals surface area contributed by atoms with Crippen LogP contribution in [-0.4, -0.2) is 22.4 Å². The summed E-state index contributed by atoms with van der Waals surface area (Å²) in [6.45, 7) is 2.90. The van der Waals surface area contributed by atoms with Gasteiger partial charge in [-0.05, 0) is 0 Å². The van der Waals surface area contributed by atoms with E-state index in [0.29, 0.717) is 0 Å². The van der Waals surface area contributed by atoms with Crippen LogP contribution >= 0.6 is 0 Å². The van der Waals surface area contributed by atoms with E-state index in [-0.39, 0.29) is 16.8 Å². The van der Waals surface area contributed by atoms with Crippen LogP contribution < -0.4 is 0 Å². The molecule has 0 aliphatic carbocycles. The maximum absolute atomic E-state index is 11.5. The van der Waals surface area contributed by atoms with Gasteiger partial charge in [0.15, 0.2) is 5.78 Å². The second-order valence-electron chi connectivity index (χ2n) is 2.90. The van der Waals surface area contributed by atoms with Crippen LogP contribution in [0.1, 0.15) is 10.4 Å². The zero-order valence-electron chi connectivity index (χ0n) is 7.84. The average molecular weight is 207 g/mol. The van der Waals surface area contributed by atoms with Gasteiger partial charge in [-0.25, -0.2) is 0 Å². The van der Waals surface area contributed by atoms with Crippen molar-refractivity contribution < 1.29 is 14.8 Å². The highest BCUT2D eigenvalue weighted by atomic mass is 16.6. The first-order chi connectivity index (χ1) is 7.06. The number of hydrogen-bond acceptors (Lipinski definition) is 4. The van der Waals surface area contributed by atoms with Crippen LogP contribution in [0.4, 0.5) is 5.69 Å². The summed E-state index contributed by atoms with van der Waals surface area (Å²) >= 11 is 0. The number of aliphatic hydroxyl groups is 1. The molecule has 5 nitrogen and oxygen atoms in total. The Labute approximate surface area is 85.8 Å². The number of benzene rings is 1. The van der Waals surface area contributed by atoms with Crippen molar-refractivity contribution in [3.05, 3.63) is 52.1 Å². The highest BCUT2D eigenvalue weighted by molar-refractivity contribution is 6.08. The van der Waals surface area contributed by atoms with Crippen molar-refractivity contribution >= 4 is 11.5 Å². The number of nitro benzene ring substituents is 1. The molecule has 0 aliphatic rings. The summed E-state index contributed by atoms with van der Waals surface area (Å²) in [5.41, 5.74) is 0.00494. The van der Waals surface area contributed by atoms with E-state index in [1.807, 2.05) is 0 Å². The number of carbonyl (C=O) groups excluding carboxylic acids is 1. The number of hydrogen-bond donors (Lipinski definition) is 1. The molecular weight excluding hydrogens is 198 g/mol. The predicted molar refractivity (Wildman–Crippen MR) is 53.7 cm³/mol. The lowest BCUT2D eigenvalue weighted by molar-refractivity contribution is -0.384. The summed E-state index contributed by atoms with van der Waals surface area (Å²) < 4.78 is 0. The van der Waals surface area contributed by atoms with Crippen molar-refractivity contribution in [2.45, 2.75) is 0 Å². The number of aliphatic hydroxyl groups excluding tert-OH is 1. The molecule has 5 heteroatoms. The summed E-state index contributed by atoms with van der Waals surface area (Å²) in [5.74, 6) is -0.485. The third kappa shape index (κ3) is 2.47. The molecule has 1 rings (SSSR count). The summed E-state index contributed by atoms with van der Waals surface area (Å²) in [6.07, 6.45) is 0. The lowest BCUT2D eigenvalue weighted by Crippen LogP contribution is -2.06. The zero-order valence-corrected chi connectivity index (χ0v) is 7.84. The fraction of sp³-hybridized carbons (Fsp3) is 0.100. The van der Waals surface area contributed by atoms with Gasteiger partial charge < -0.3 is 5.11 Å². The van der Waals surface area contributed by atoms with E-state index in [4.69, 9.17) is 5.11 Å². The molecule has 0 radical (unpaired) electrons. The van der Waals surface area contributed by atoms with Gasteiger partial charge in [0.25, 0.3) is 5.69 Å². The smallest absolute Gasteiger partial charge is 0.270 e. The van der Waals surface area contributed by atoms with Gasteiger partial charge in [0.1, 0.15) is 0 Å². The van der Waals surface area contributed by atoms with Crippen molar-refractivity contribution in [1.29, 1.82) is 0 Å². The average Bonchev–Trinajstić information content (AvgIpc) is 2.27. The largest absolute Gasteiger partial charge is 0.392 e. The molecule has 0 aromatic heterocycles. The molecule has 0 unspecified atom stereocenters. The van der Waals surface area contributed by atoms with Gasteiger partial charge in [0.2, 0.25) is 0 Å². The molecule has 0 spiro atoms. The Morgan fingerprint density at radius 2 is 2.20 bits per heavy atom. The first-order valence-corrected chi connectivity index (χ1v) is 4.14. The van der Waals surface area contributed by atoms with E-state index in [1.54, 1.807) is 0 Å². The van der Waals surface area contributed by atoms with Gasteiger partial charge in [-0.2, -0.15) is 0 Å². The van der Waals surface area contributed by atoms with Gasteiger partial charge >= 0.3 is 0 Å².